The number of thioether (sulfide) groups is 1. The predicted octanol–water partition coefficient (Wildman–Crippen LogP) is 3.74. The van der Waals surface area contributed by atoms with Gasteiger partial charge in [0.25, 0.3) is 4.84 Å². The fourth-order valence-corrected chi connectivity index (χ4v) is 2.55. The Morgan fingerprint density at radius 3 is 3.05 bits per heavy atom. The number of aromatic nitrogens is 2. The average Bonchev–Trinajstić information content (AvgIpc) is 2.75. The second-order valence-corrected chi connectivity index (χ2v) is 5.67. The van der Waals surface area contributed by atoms with Gasteiger partial charge in [0.1, 0.15) is 11.9 Å². The first-order valence-electron chi connectivity index (χ1n) is 5.99. The summed E-state index contributed by atoms with van der Waals surface area (Å²) < 4.78 is 11.0. The van der Waals surface area contributed by atoms with E-state index in [2.05, 4.69) is 30.1 Å². The summed E-state index contributed by atoms with van der Waals surface area (Å²) in [5, 5.41) is 6.56. The molecule has 0 radical (unpaired) electrons. The molecule has 2 aromatic rings. The number of nitrogens with zero attached hydrogens (tertiary/aromatic N) is 1. The molecule has 0 amide bonds. The van der Waals surface area contributed by atoms with Gasteiger partial charge in [0.2, 0.25) is 5.89 Å². The first-order chi connectivity index (χ1) is 9.13. The fourth-order valence-electron chi connectivity index (χ4n) is 1.59. The molecule has 19 heavy (non-hydrogen) atoms. The lowest BCUT2D eigenvalue weighted by Crippen LogP contribution is -2.14. The first kappa shape index (κ1) is 14.1. The minimum Gasteiger partial charge on any atom is -0.490 e. The molecule has 0 aliphatic rings. The van der Waals surface area contributed by atoms with Crippen LogP contribution in [0, 0.1) is 11.8 Å². The van der Waals surface area contributed by atoms with Crippen LogP contribution in [0.1, 0.15) is 18.4 Å². The van der Waals surface area contributed by atoms with E-state index in [1.54, 1.807) is 11.8 Å². The molecule has 1 aromatic heterocycles. The topological polar surface area (TPSA) is 51.0 Å². The molecule has 0 spiro atoms. The number of H-pyrrole nitrogens is 1. The second kappa shape index (κ2) is 6.77. The summed E-state index contributed by atoms with van der Waals surface area (Å²) in [7, 11) is 0. The van der Waals surface area contributed by atoms with Crippen molar-refractivity contribution < 1.29 is 9.15 Å². The van der Waals surface area contributed by atoms with Gasteiger partial charge in [-0.1, -0.05) is 12.1 Å². The molecule has 1 aromatic carbocycles. The van der Waals surface area contributed by atoms with Crippen LogP contribution >= 0.6 is 24.0 Å². The summed E-state index contributed by atoms with van der Waals surface area (Å²) in [5.41, 5.74) is 1.20. The fraction of sp³-hybridized carbons (Fsp3) is 0.385. The average molecular weight is 296 g/mol. The van der Waals surface area contributed by atoms with Gasteiger partial charge in [-0.15, -0.1) is 16.9 Å². The van der Waals surface area contributed by atoms with Crippen molar-refractivity contribution >= 4 is 24.0 Å². The summed E-state index contributed by atoms with van der Waals surface area (Å²) in [4.78, 5) is 0.319. The normalized spacial score (nSPS) is 12.3. The predicted molar refractivity (Wildman–Crippen MR) is 79.1 cm³/mol. The molecule has 0 fully saturated rings. The Kier molecular flexibility index (Phi) is 5.04. The standard InChI is InChI=1S/C13H16N2O2S2/c1-9-4-3-5-11(6-9)16-10(2)7-19-8-12-14-15-13(18)17-12/h3-6,10H,7-8H2,1-2H3,(H,15,18). The minimum absolute atomic E-state index is 0.133. The van der Waals surface area contributed by atoms with Crippen molar-refractivity contribution in [1.29, 1.82) is 0 Å². The van der Waals surface area contributed by atoms with Gasteiger partial charge in [-0.25, -0.2) is 5.10 Å². The van der Waals surface area contributed by atoms with Gasteiger partial charge in [-0.3, -0.25) is 0 Å². The van der Waals surface area contributed by atoms with E-state index in [9.17, 15) is 0 Å². The molecule has 4 nitrogen and oxygen atoms in total. The molecule has 1 atom stereocenters. The van der Waals surface area contributed by atoms with Crippen molar-refractivity contribution in [2.75, 3.05) is 5.75 Å². The molecule has 0 bridgehead atoms. The van der Waals surface area contributed by atoms with Crippen LogP contribution < -0.4 is 4.74 Å². The van der Waals surface area contributed by atoms with E-state index in [0.717, 1.165) is 11.5 Å². The van der Waals surface area contributed by atoms with E-state index < -0.39 is 0 Å². The molecule has 0 aliphatic carbocycles. The lowest BCUT2D eigenvalue weighted by atomic mass is 10.2. The van der Waals surface area contributed by atoms with Crippen molar-refractivity contribution in [3.63, 3.8) is 0 Å². The highest BCUT2D eigenvalue weighted by molar-refractivity contribution is 7.98. The molecule has 1 heterocycles. The van der Waals surface area contributed by atoms with E-state index in [-0.39, 0.29) is 6.10 Å². The largest absolute Gasteiger partial charge is 0.490 e. The summed E-state index contributed by atoms with van der Waals surface area (Å²) in [6.45, 7) is 4.10. The summed E-state index contributed by atoms with van der Waals surface area (Å²) in [6.07, 6.45) is 0.133. The van der Waals surface area contributed by atoms with Crippen LogP contribution in [0.5, 0.6) is 5.75 Å². The molecule has 0 saturated heterocycles. The van der Waals surface area contributed by atoms with E-state index in [4.69, 9.17) is 21.4 Å². The van der Waals surface area contributed by atoms with Crippen molar-refractivity contribution in [2.24, 2.45) is 0 Å². The zero-order valence-corrected chi connectivity index (χ0v) is 12.5. The SMILES string of the molecule is Cc1cccc(OC(C)CSCc2n[nH]c(=S)o2)c1. The van der Waals surface area contributed by atoms with Crippen molar-refractivity contribution in [1.82, 2.24) is 10.2 Å². The number of nitrogens with one attached hydrogen (secondary N) is 1. The van der Waals surface area contributed by atoms with Gasteiger partial charge in [-0.2, -0.15) is 0 Å². The highest BCUT2D eigenvalue weighted by Gasteiger charge is 2.06. The third-order valence-electron chi connectivity index (χ3n) is 2.39. The lowest BCUT2D eigenvalue weighted by molar-refractivity contribution is 0.246. The zero-order chi connectivity index (χ0) is 13.7. The maximum absolute atomic E-state index is 5.84. The third kappa shape index (κ3) is 4.72. The number of benzene rings is 1. The Bertz CT molecular complexity index is 580. The minimum atomic E-state index is 0.133. The van der Waals surface area contributed by atoms with Gasteiger partial charge in [-0.05, 0) is 43.8 Å². The van der Waals surface area contributed by atoms with E-state index >= 15 is 0 Å². The summed E-state index contributed by atoms with van der Waals surface area (Å²) in [6, 6.07) is 8.06. The molecule has 0 saturated carbocycles. The van der Waals surface area contributed by atoms with Crippen molar-refractivity contribution in [3.05, 3.63) is 40.6 Å². The maximum atomic E-state index is 5.84. The van der Waals surface area contributed by atoms with Gasteiger partial charge >= 0.3 is 0 Å². The lowest BCUT2D eigenvalue weighted by Gasteiger charge is -2.14. The molecule has 0 aliphatic heterocycles. The zero-order valence-electron chi connectivity index (χ0n) is 10.9. The van der Waals surface area contributed by atoms with Crippen LogP contribution in [0.25, 0.3) is 0 Å². The number of rotatable bonds is 6. The van der Waals surface area contributed by atoms with Crippen LogP contribution in [-0.2, 0) is 5.75 Å². The number of hydrogen-bond donors (Lipinski definition) is 1. The van der Waals surface area contributed by atoms with Gasteiger partial charge in [0, 0.05) is 5.75 Å². The van der Waals surface area contributed by atoms with E-state index in [1.165, 1.54) is 5.56 Å². The Labute approximate surface area is 121 Å². The van der Waals surface area contributed by atoms with Crippen molar-refractivity contribution in [3.8, 4) is 5.75 Å². The van der Waals surface area contributed by atoms with E-state index in [0.29, 0.717) is 16.5 Å². The Morgan fingerprint density at radius 1 is 1.53 bits per heavy atom. The van der Waals surface area contributed by atoms with Crippen LogP contribution in [0.3, 0.4) is 0 Å². The second-order valence-electron chi connectivity index (χ2n) is 4.27. The van der Waals surface area contributed by atoms with Crippen LogP contribution in [-0.4, -0.2) is 22.1 Å². The molecular weight excluding hydrogens is 280 g/mol. The molecule has 1 unspecified atom stereocenters. The molecule has 1 N–H and O–H groups in total. The van der Waals surface area contributed by atoms with Crippen LogP contribution in [0.15, 0.2) is 28.7 Å². The highest BCUT2D eigenvalue weighted by atomic mass is 32.2. The highest BCUT2D eigenvalue weighted by Crippen LogP contribution is 2.17. The summed E-state index contributed by atoms with van der Waals surface area (Å²) in [5.74, 6) is 3.08. The Hall–Kier alpha value is -1.27. The van der Waals surface area contributed by atoms with Gasteiger partial charge in [0.05, 0.1) is 5.75 Å². The summed E-state index contributed by atoms with van der Waals surface area (Å²) >= 11 is 6.52. The maximum Gasteiger partial charge on any atom is 0.284 e. The third-order valence-corrected chi connectivity index (χ3v) is 3.72. The van der Waals surface area contributed by atoms with Crippen LogP contribution in [0.4, 0.5) is 0 Å². The molecule has 2 rings (SSSR count). The van der Waals surface area contributed by atoms with E-state index in [1.807, 2.05) is 18.2 Å². The van der Waals surface area contributed by atoms with Crippen molar-refractivity contribution in [2.45, 2.75) is 25.7 Å². The number of aromatic amines is 1. The monoisotopic (exact) mass is 296 g/mol. The first-order valence-corrected chi connectivity index (χ1v) is 7.55. The molecular formula is C13H16N2O2S2. The van der Waals surface area contributed by atoms with Crippen LogP contribution in [0.2, 0.25) is 0 Å². The number of hydrogen-bond acceptors (Lipinski definition) is 5. The Balaban J connectivity index is 1.75. The Morgan fingerprint density at radius 2 is 2.37 bits per heavy atom. The molecule has 102 valence electrons. The quantitative estimate of drug-likeness (QED) is 0.823. The number of aryl methyl sites for hydroxylation is 1. The molecule has 6 heteroatoms. The van der Waals surface area contributed by atoms with Gasteiger partial charge < -0.3 is 9.15 Å². The van der Waals surface area contributed by atoms with Gasteiger partial charge in [0.15, 0.2) is 0 Å². The smallest absolute Gasteiger partial charge is 0.284 e. The number of ether oxygens (including phenoxy) is 1.